The number of hydrogen-bond donors (Lipinski definition) is 0. The van der Waals surface area contributed by atoms with Gasteiger partial charge in [0, 0.05) is 10.0 Å². The van der Waals surface area contributed by atoms with Crippen LogP contribution in [0.5, 0.6) is 5.75 Å². The first-order chi connectivity index (χ1) is 5.77. The van der Waals surface area contributed by atoms with Crippen LogP contribution < -0.4 is 4.74 Å². The highest BCUT2D eigenvalue weighted by Crippen LogP contribution is 2.30. The van der Waals surface area contributed by atoms with Gasteiger partial charge >= 0.3 is 0 Å². The van der Waals surface area contributed by atoms with Crippen LogP contribution in [0.4, 0.5) is 4.39 Å². The first kappa shape index (κ1) is 8.01. The lowest BCUT2D eigenvalue weighted by molar-refractivity contribution is -0.0190. The highest BCUT2D eigenvalue weighted by molar-refractivity contribution is 9.10. The van der Waals surface area contributed by atoms with Gasteiger partial charge in [0.15, 0.2) is 18.4 Å². The third kappa shape index (κ3) is 1.32. The average molecular weight is 233 g/mol. The Hall–Kier alpha value is -0.610. The summed E-state index contributed by atoms with van der Waals surface area (Å²) in [6, 6.07) is 3.17. The minimum atomic E-state index is -0.345. The van der Waals surface area contributed by atoms with E-state index in [1.165, 1.54) is 6.07 Å². The van der Waals surface area contributed by atoms with Crippen molar-refractivity contribution in [3.63, 3.8) is 0 Å². The molecule has 0 bridgehead atoms. The van der Waals surface area contributed by atoms with Crippen molar-refractivity contribution in [2.45, 2.75) is 6.61 Å². The van der Waals surface area contributed by atoms with Crippen LogP contribution in [0.25, 0.3) is 0 Å². The predicted octanol–water partition coefficient (Wildman–Crippen LogP) is 2.45. The summed E-state index contributed by atoms with van der Waals surface area (Å²) in [6.07, 6.45) is 0. The van der Waals surface area contributed by atoms with Crippen molar-refractivity contribution in [1.29, 1.82) is 0 Å². The van der Waals surface area contributed by atoms with Gasteiger partial charge in [-0.15, -0.1) is 0 Å². The minimum absolute atomic E-state index is 0.131. The van der Waals surface area contributed by atoms with Gasteiger partial charge in [0.05, 0.1) is 6.61 Å². The van der Waals surface area contributed by atoms with E-state index in [1.54, 1.807) is 6.07 Å². The highest BCUT2D eigenvalue weighted by atomic mass is 79.9. The number of rotatable bonds is 0. The van der Waals surface area contributed by atoms with Gasteiger partial charge in [-0.25, -0.2) is 4.39 Å². The van der Waals surface area contributed by atoms with E-state index in [0.29, 0.717) is 16.8 Å². The Bertz CT molecular complexity index is 314. The summed E-state index contributed by atoms with van der Waals surface area (Å²) in [7, 11) is 0. The molecular weight excluding hydrogens is 227 g/mol. The van der Waals surface area contributed by atoms with E-state index in [9.17, 15) is 4.39 Å². The molecule has 1 aromatic rings. The molecule has 0 N–H and O–H groups in total. The molecule has 1 aliphatic heterocycles. The minimum Gasteiger partial charge on any atom is -0.464 e. The highest BCUT2D eigenvalue weighted by Gasteiger charge is 2.15. The molecule has 1 aromatic carbocycles. The molecule has 1 aliphatic rings. The first-order valence-corrected chi connectivity index (χ1v) is 4.25. The number of hydrogen-bond acceptors (Lipinski definition) is 2. The van der Waals surface area contributed by atoms with Gasteiger partial charge in [0.25, 0.3) is 0 Å². The molecule has 2 rings (SSSR count). The summed E-state index contributed by atoms with van der Waals surface area (Å²) in [5, 5.41) is 0. The van der Waals surface area contributed by atoms with E-state index in [0.717, 1.165) is 5.56 Å². The molecule has 0 aromatic heterocycles. The van der Waals surface area contributed by atoms with Gasteiger partial charge < -0.3 is 9.47 Å². The second-order valence-corrected chi connectivity index (χ2v) is 3.40. The molecule has 0 spiro atoms. The maximum atomic E-state index is 13.1. The zero-order chi connectivity index (χ0) is 8.55. The molecule has 0 unspecified atom stereocenters. The van der Waals surface area contributed by atoms with E-state index in [4.69, 9.17) is 9.47 Å². The first-order valence-electron chi connectivity index (χ1n) is 3.46. The zero-order valence-corrected chi connectivity index (χ0v) is 7.73. The molecular formula is C8H6BrFO2. The molecule has 0 fully saturated rings. The summed E-state index contributed by atoms with van der Waals surface area (Å²) in [6.45, 7) is 0.539. The second-order valence-electron chi connectivity index (χ2n) is 2.49. The molecule has 0 radical (unpaired) electrons. The lowest BCUT2D eigenvalue weighted by atomic mass is 10.2. The van der Waals surface area contributed by atoms with Crippen LogP contribution in [0.2, 0.25) is 0 Å². The van der Waals surface area contributed by atoms with Gasteiger partial charge in [-0.2, -0.15) is 0 Å². The number of halogens is 2. The molecule has 1 heterocycles. The maximum absolute atomic E-state index is 13.1. The van der Waals surface area contributed by atoms with Crippen molar-refractivity contribution in [2.24, 2.45) is 0 Å². The number of ether oxygens (including phenoxy) is 2. The van der Waals surface area contributed by atoms with Crippen molar-refractivity contribution < 1.29 is 13.9 Å². The molecule has 0 saturated carbocycles. The Morgan fingerprint density at radius 1 is 1.42 bits per heavy atom. The van der Waals surface area contributed by atoms with Crippen LogP contribution in [-0.2, 0) is 11.3 Å². The van der Waals surface area contributed by atoms with Crippen molar-refractivity contribution in [1.82, 2.24) is 0 Å². The fourth-order valence-corrected chi connectivity index (χ4v) is 1.61. The van der Waals surface area contributed by atoms with Gasteiger partial charge in [-0.1, -0.05) is 15.9 Å². The third-order valence-electron chi connectivity index (χ3n) is 1.63. The van der Waals surface area contributed by atoms with Gasteiger partial charge in [-0.05, 0) is 12.1 Å². The van der Waals surface area contributed by atoms with E-state index >= 15 is 0 Å². The van der Waals surface area contributed by atoms with Crippen LogP contribution in [0.3, 0.4) is 0 Å². The molecule has 0 aliphatic carbocycles. The smallest absolute Gasteiger partial charge is 0.189 e. The molecule has 0 atom stereocenters. The molecule has 4 heteroatoms. The quantitative estimate of drug-likeness (QED) is 0.685. The summed E-state index contributed by atoms with van der Waals surface area (Å²) in [5.41, 5.74) is 0.744. The van der Waals surface area contributed by atoms with Crippen molar-refractivity contribution in [3.05, 3.63) is 28.0 Å². The molecule has 12 heavy (non-hydrogen) atoms. The van der Waals surface area contributed by atoms with Crippen LogP contribution in [-0.4, -0.2) is 6.79 Å². The van der Waals surface area contributed by atoms with Crippen LogP contribution >= 0.6 is 15.9 Å². The van der Waals surface area contributed by atoms with Gasteiger partial charge in [-0.3, -0.25) is 0 Å². The van der Waals surface area contributed by atoms with Crippen molar-refractivity contribution in [3.8, 4) is 5.75 Å². The third-order valence-corrected chi connectivity index (χ3v) is 2.09. The summed E-state index contributed by atoms with van der Waals surface area (Å²) in [4.78, 5) is 0. The Balaban J connectivity index is 2.53. The predicted molar refractivity (Wildman–Crippen MR) is 44.4 cm³/mol. The fourth-order valence-electron chi connectivity index (χ4n) is 1.13. The largest absolute Gasteiger partial charge is 0.464 e. The van der Waals surface area contributed by atoms with Crippen molar-refractivity contribution in [2.75, 3.05) is 6.79 Å². The molecule has 0 amide bonds. The normalized spacial score (nSPS) is 15.2. The van der Waals surface area contributed by atoms with Crippen LogP contribution in [0, 0.1) is 5.82 Å². The van der Waals surface area contributed by atoms with E-state index in [1.807, 2.05) is 0 Å². The zero-order valence-electron chi connectivity index (χ0n) is 6.14. The SMILES string of the molecule is Fc1cc(Br)cc2c1OCOC2. The van der Waals surface area contributed by atoms with Crippen LogP contribution in [0.15, 0.2) is 16.6 Å². The summed E-state index contributed by atoms with van der Waals surface area (Å²) in [5.74, 6) is -0.0351. The Kier molecular flexibility index (Phi) is 2.02. The summed E-state index contributed by atoms with van der Waals surface area (Å²) >= 11 is 3.19. The average Bonchev–Trinajstić information content (AvgIpc) is 2.04. The van der Waals surface area contributed by atoms with E-state index < -0.39 is 0 Å². The Morgan fingerprint density at radius 2 is 2.25 bits per heavy atom. The lowest BCUT2D eigenvalue weighted by Gasteiger charge is -2.17. The van der Waals surface area contributed by atoms with Crippen molar-refractivity contribution >= 4 is 15.9 Å². The molecule has 2 nitrogen and oxygen atoms in total. The summed E-state index contributed by atoms with van der Waals surface area (Å²) < 4.78 is 23.8. The molecule has 0 saturated heterocycles. The van der Waals surface area contributed by atoms with E-state index in [-0.39, 0.29) is 12.6 Å². The Morgan fingerprint density at radius 3 is 3.08 bits per heavy atom. The monoisotopic (exact) mass is 232 g/mol. The maximum Gasteiger partial charge on any atom is 0.189 e. The standard InChI is InChI=1S/C8H6BrFO2/c9-6-1-5-3-11-4-12-8(5)7(10)2-6/h1-2H,3-4H2. The fraction of sp³-hybridized carbons (Fsp3) is 0.250. The van der Waals surface area contributed by atoms with Gasteiger partial charge in [0.1, 0.15) is 0 Å². The second kappa shape index (κ2) is 3.03. The number of fused-ring (bicyclic) bond motifs is 1. The number of benzene rings is 1. The molecule has 64 valence electrons. The Labute approximate surface area is 77.4 Å². The van der Waals surface area contributed by atoms with E-state index in [2.05, 4.69) is 15.9 Å². The topological polar surface area (TPSA) is 18.5 Å². The lowest BCUT2D eigenvalue weighted by Crippen LogP contribution is -2.12. The van der Waals surface area contributed by atoms with Gasteiger partial charge in [0.2, 0.25) is 0 Å². The van der Waals surface area contributed by atoms with Crippen LogP contribution in [0.1, 0.15) is 5.56 Å².